The van der Waals surface area contributed by atoms with Crippen LogP contribution in [0, 0.1) is 13.8 Å². The lowest BCUT2D eigenvalue weighted by molar-refractivity contribution is -0.116. The van der Waals surface area contributed by atoms with Gasteiger partial charge in [-0.25, -0.2) is 4.68 Å². The Morgan fingerprint density at radius 2 is 2.06 bits per heavy atom. The van der Waals surface area contributed by atoms with E-state index in [1.807, 2.05) is 54.9 Å². The number of thioether (sulfide) groups is 1. The van der Waals surface area contributed by atoms with Crippen molar-refractivity contribution in [2.24, 2.45) is 0 Å². The molecule has 0 unspecified atom stereocenters. The van der Waals surface area contributed by atoms with Gasteiger partial charge >= 0.3 is 0 Å². The molecular weight excluding hydrogens is 446 g/mol. The smallest absolute Gasteiger partial charge is 0.240 e. The van der Waals surface area contributed by atoms with Crippen LogP contribution in [0.5, 0.6) is 5.75 Å². The van der Waals surface area contributed by atoms with Crippen molar-refractivity contribution in [3.8, 4) is 5.75 Å². The molecule has 2 aromatic carbocycles. The van der Waals surface area contributed by atoms with E-state index < -0.39 is 5.25 Å². The van der Waals surface area contributed by atoms with Gasteiger partial charge in [-0.3, -0.25) is 4.79 Å². The van der Waals surface area contributed by atoms with Gasteiger partial charge in [-0.1, -0.05) is 48.5 Å². The van der Waals surface area contributed by atoms with E-state index in [1.165, 1.54) is 11.8 Å². The molecule has 0 saturated carbocycles. The maximum absolute atomic E-state index is 13.5. The molecule has 9 heteroatoms. The number of anilines is 1. The number of amides is 1. The fourth-order valence-corrected chi connectivity index (χ4v) is 5.05. The minimum absolute atomic E-state index is 0.112. The van der Waals surface area contributed by atoms with Crippen molar-refractivity contribution in [1.82, 2.24) is 14.9 Å². The van der Waals surface area contributed by atoms with E-state index >= 15 is 0 Å². The van der Waals surface area contributed by atoms with Gasteiger partial charge < -0.3 is 15.5 Å². The lowest BCUT2D eigenvalue weighted by Gasteiger charge is -2.33. The van der Waals surface area contributed by atoms with Crippen molar-refractivity contribution in [3.05, 3.63) is 63.9 Å². The van der Waals surface area contributed by atoms with Gasteiger partial charge in [-0.15, -0.1) is 10.2 Å². The molecule has 0 fully saturated rings. The summed E-state index contributed by atoms with van der Waals surface area (Å²) in [4.78, 5) is 13.5. The third-order valence-electron chi connectivity index (χ3n) is 5.42. The van der Waals surface area contributed by atoms with Crippen molar-refractivity contribution >= 4 is 35.0 Å². The topological polar surface area (TPSA) is 81.1 Å². The number of aryl methyl sites for hydroxylation is 3. The molecule has 4 rings (SSSR count). The normalized spacial score (nSPS) is 17.4. The summed E-state index contributed by atoms with van der Waals surface area (Å²) in [6.45, 7) is 6.08. The van der Waals surface area contributed by atoms with Crippen LogP contribution < -0.4 is 15.5 Å². The molecule has 0 radical (unpaired) electrons. The number of hydrogen-bond donors (Lipinski definition) is 2. The van der Waals surface area contributed by atoms with Gasteiger partial charge in [-0.2, -0.15) is 0 Å². The monoisotopic (exact) mass is 471 g/mol. The lowest BCUT2D eigenvalue weighted by Crippen LogP contribution is -2.41. The van der Waals surface area contributed by atoms with Crippen molar-refractivity contribution in [2.45, 2.75) is 50.1 Å². The average Bonchev–Trinajstić information content (AvgIpc) is 3.17. The zero-order valence-corrected chi connectivity index (χ0v) is 20.0. The van der Waals surface area contributed by atoms with Crippen molar-refractivity contribution in [2.75, 3.05) is 17.9 Å². The standard InChI is InChI=1S/C23H26ClN5O2S/c1-5-6-19-26-27-23-29(19)28-20(15-9-10-18(31-4)16(24)12-15)21(32-23)22(30)25-17-11-13(2)7-8-14(17)3/h7-12,20-21,28H,5-6H2,1-4H3,(H,25,30)/t20-,21+/m1/s1. The first-order chi connectivity index (χ1) is 15.4. The van der Waals surface area contributed by atoms with Crippen molar-refractivity contribution < 1.29 is 9.53 Å². The van der Waals surface area contributed by atoms with E-state index in [1.54, 1.807) is 7.11 Å². The Morgan fingerprint density at radius 1 is 1.25 bits per heavy atom. The number of benzene rings is 2. The summed E-state index contributed by atoms with van der Waals surface area (Å²) in [5.41, 5.74) is 7.25. The first-order valence-electron chi connectivity index (χ1n) is 10.5. The highest BCUT2D eigenvalue weighted by atomic mass is 35.5. The summed E-state index contributed by atoms with van der Waals surface area (Å²) in [5, 5.41) is 12.4. The second kappa shape index (κ2) is 9.42. The molecule has 168 valence electrons. The second-order valence-corrected chi connectivity index (χ2v) is 9.35. The van der Waals surface area contributed by atoms with Crippen LogP contribution in [-0.2, 0) is 11.2 Å². The molecule has 1 aromatic heterocycles. The molecule has 1 amide bonds. The molecule has 32 heavy (non-hydrogen) atoms. The second-order valence-electron chi connectivity index (χ2n) is 7.83. The first-order valence-corrected chi connectivity index (χ1v) is 11.8. The Labute approximate surface area is 196 Å². The van der Waals surface area contributed by atoms with Gasteiger partial charge in [0, 0.05) is 12.1 Å². The summed E-state index contributed by atoms with van der Waals surface area (Å²) in [6, 6.07) is 11.3. The number of rotatable bonds is 6. The van der Waals surface area contributed by atoms with Gasteiger partial charge in [0.05, 0.1) is 18.2 Å². The molecule has 3 aromatic rings. The number of methoxy groups -OCH3 is 1. The Morgan fingerprint density at radius 3 is 2.78 bits per heavy atom. The number of ether oxygens (including phenoxy) is 1. The van der Waals surface area contributed by atoms with Crippen LogP contribution in [0.2, 0.25) is 5.02 Å². The van der Waals surface area contributed by atoms with Crippen LogP contribution in [-0.4, -0.2) is 33.1 Å². The molecule has 1 aliphatic heterocycles. The molecular formula is C23H26ClN5O2S. The highest BCUT2D eigenvalue weighted by Gasteiger charge is 2.38. The number of nitrogens with zero attached hydrogens (tertiary/aromatic N) is 3. The minimum atomic E-state index is -0.481. The van der Waals surface area contributed by atoms with Crippen LogP contribution in [0.1, 0.15) is 41.9 Å². The SMILES string of the molecule is CCCc1nnc2n1N[C@H](c1ccc(OC)c(Cl)c1)[C@@H](C(=O)Nc1cc(C)ccc1C)S2. The maximum Gasteiger partial charge on any atom is 0.240 e. The number of halogens is 1. The predicted molar refractivity (Wildman–Crippen MR) is 128 cm³/mol. The van der Waals surface area contributed by atoms with Gasteiger partial charge in [0.15, 0.2) is 5.82 Å². The summed E-state index contributed by atoms with van der Waals surface area (Å²) in [6.07, 6.45) is 1.73. The molecule has 2 heterocycles. The molecule has 7 nitrogen and oxygen atoms in total. The molecule has 1 aliphatic rings. The van der Waals surface area contributed by atoms with E-state index in [0.29, 0.717) is 15.9 Å². The minimum Gasteiger partial charge on any atom is -0.495 e. The number of carbonyl (C=O) groups is 1. The van der Waals surface area contributed by atoms with E-state index in [4.69, 9.17) is 16.3 Å². The molecule has 2 atom stereocenters. The third-order valence-corrected chi connectivity index (χ3v) is 6.93. The number of aromatic nitrogens is 3. The quantitative estimate of drug-likeness (QED) is 0.531. The van der Waals surface area contributed by atoms with Crippen molar-refractivity contribution in [3.63, 3.8) is 0 Å². The van der Waals surface area contributed by atoms with Gasteiger partial charge in [0.25, 0.3) is 0 Å². The van der Waals surface area contributed by atoms with Crippen LogP contribution in [0.3, 0.4) is 0 Å². The third kappa shape index (κ3) is 4.42. The van der Waals surface area contributed by atoms with E-state index in [9.17, 15) is 4.79 Å². The largest absolute Gasteiger partial charge is 0.495 e. The summed E-state index contributed by atoms with van der Waals surface area (Å²) >= 11 is 7.81. The number of fused-ring (bicyclic) bond motifs is 1. The number of hydrogen-bond acceptors (Lipinski definition) is 6. The molecule has 0 aliphatic carbocycles. The Balaban J connectivity index is 1.70. The molecule has 2 N–H and O–H groups in total. The fraction of sp³-hybridized carbons (Fsp3) is 0.348. The molecule has 0 spiro atoms. The first kappa shape index (κ1) is 22.5. The maximum atomic E-state index is 13.5. The zero-order chi connectivity index (χ0) is 22.8. The summed E-state index contributed by atoms with van der Waals surface area (Å²) in [5.74, 6) is 1.32. The summed E-state index contributed by atoms with van der Waals surface area (Å²) in [7, 11) is 1.58. The fourth-order valence-electron chi connectivity index (χ4n) is 3.68. The van der Waals surface area contributed by atoms with E-state index in [2.05, 4.69) is 27.9 Å². The average molecular weight is 472 g/mol. The van der Waals surface area contributed by atoms with Crippen LogP contribution in [0.15, 0.2) is 41.6 Å². The van der Waals surface area contributed by atoms with Gasteiger partial charge in [0.2, 0.25) is 11.1 Å². The Hall–Kier alpha value is -2.71. The van der Waals surface area contributed by atoms with Gasteiger partial charge in [0.1, 0.15) is 11.0 Å². The summed E-state index contributed by atoms with van der Waals surface area (Å²) < 4.78 is 7.19. The van der Waals surface area contributed by atoms with Crippen LogP contribution in [0.4, 0.5) is 5.69 Å². The highest BCUT2D eigenvalue weighted by Crippen LogP contribution is 2.39. The van der Waals surface area contributed by atoms with Gasteiger partial charge in [-0.05, 0) is 55.2 Å². The lowest BCUT2D eigenvalue weighted by atomic mass is 10.0. The molecule has 0 saturated heterocycles. The highest BCUT2D eigenvalue weighted by molar-refractivity contribution is 8.00. The Kier molecular flexibility index (Phi) is 6.62. The number of nitrogens with one attached hydrogen (secondary N) is 2. The van der Waals surface area contributed by atoms with Crippen LogP contribution >= 0.6 is 23.4 Å². The van der Waals surface area contributed by atoms with E-state index in [-0.39, 0.29) is 11.9 Å². The Bertz CT molecular complexity index is 1150. The predicted octanol–water partition coefficient (Wildman–Crippen LogP) is 4.91. The van der Waals surface area contributed by atoms with Crippen molar-refractivity contribution in [1.29, 1.82) is 0 Å². The molecule has 0 bridgehead atoms. The number of carbonyl (C=O) groups excluding carboxylic acids is 1. The zero-order valence-electron chi connectivity index (χ0n) is 18.5. The van der Waals surface area contributed by atoms with Crippen LogP contribution in [0.25, 0.3) is 0 Å². The van der Waals surface area contributed by atoms with E-state index in [0.717, 1.165) is 41.0 Å².